The molecule has 2 rings (SSSR count). The Bertz CT molecular complexity index is 695. The number of benzene rings is 2. The molecule has 1 amide bonds. The summed E-state index contributed by atoms with van der Waals surface area (Å²) in [7, 11) is 0. The second kappa shape index (κ2) is 7.41. The van der Waals surface area contributed by atoms with E-state index < -0.39 is 11.7 Å². The Balaban J connectivity index is 2.10. The predicted octanol–water partition coefficient (Wildman–Crippen LogP) is 4.18. The Kier molecular flexibility index (Phi) is 5.31. The predicted molar refractivity (Wildman–Crippen MR) is 86.4 cm³/mol. The van der Waals surface area contributed by atoms with Gasteiger partial charge < -0.3 is 10.1 Å². The van der Waals surface area contributed by atoms with E-state index in [1.165, 1.54) is 12.1 Å². The van der Waals surface area contributed by atoms with Gasteiger partial charge in [0.15, 0.2) is 0 Å². The first-order valence-corrected chi connectivity index (χ1v) is 7.07. The van der Waals surface area contributed by atoms with Gasteiger partial charge in [0.05, 0.1) is 12.3 Å². The van der Waals surface area contributed by atoms with E-state index >= 15 is 0 Å². The highest BCUT2D eigenvalue weighted by Gasteiger charge is 2.05. The first kappa shape index (κ1) is 15.8. The van der Waals surface area contributed by atoms with Gasteiger partial charge in [0.2, 0.25) is 5.91 Å². The molecule has 0 unspecified atom stereocenters. The molecule has 2 aromatic rings. The average molecular weight is 299 g/mol. The topological polar surface area (TPSA) is 38.3 Å². The van der Waals surface area contributed by atoms with E-state index in [4.69, 9.17) is 4.74 Å². The van der Waals surface area contributed by atoms with Crippen LogP contribution in [0.2, 0.25) is 0 Å². The summed E-state index contributed by atoms with van der Waals surface area (Å²) in [5.41, 5.74) is 1.85. The van der Waals surface area contributed by atoms with Gasteiger partial charge in [-0.05, 0) is 43.7 Å². The van der Waals surface area contributed by atoms with Gasteiger partial charge in [-0.2, -0.15) is 0 Å². The Hall–Kier alpha value is -2.62. The van der Waals surface area contributed by atoms with Crippen LogP contribution in [0.5, 0.6) is 5.75 Å². The third-order valence-corrected chi connectivity index (χ3v) is 3.01. The molecular weight excluding hydrogens is 281 g/mol. The van der Waals surface area contributed by atoms with Crippen LogP contribution in [0.1, 0.15) is 18.1 Å². The molecule has 0 radical (unpaired) electrons. The summed E-state index contributed by atoms with van der Waals surface area (Å²) in [5, 5.41) is 2.53. The fourth-order valence-electron chi connectivity index (χ4n) is 1.98. The van der Waals surface area contributed by atoms with Gasteiger partial charge >= 0.3 is 0 Å². The molecule has 0 heterocycles. The molecule has 0 aliphatic rings. The molecule has 0 bridgehead atoms. The van der Waals surface area contributed by atoms with Crippen LogP contribution in [0.4, 0.5) is 10.1 Å². The number of nitrogens with one attached hydrogen (secondary N) is 1. The number of aryl methyl sites for hydroxylation is 1. The lowest BCUT2D eigenvalue weighted by Crippen LogP contribution is -2.09. The minimum atomic E-state index is -0.456. The van der Waals surface area contributed by atoms with Crippen molar-refractivity contribution in [2.45, 2.75) is 13.8 Å². The summed E-state index contributed by atoms with van der Waals surface area (Å²) in [5.74, 6) is -0.145. The van der Waals surface area contributed by atoms with Gasteiger partial charge in [0, 0.05) is 11.6 Å². The number of halogens is 1. The number of amides is 1. The molecule has 0 fully saturated rings. The largest absolute Gasteiger partial charge is 0.493 e. The van der Waals surface area contributed by atoms with Crippen LogP contribution in [-0.2, 0) is 4.79 Å². The highest BCUT2D eigenvalue weighted by atomic mass is 19.1. The van der Waals surface area contributed by atoms with E-state index in [1.807, 2.05) is 38.1 Å². The van der Waals surface area contributed by atoms with E-state index in [2.05, 4.69) is 5.32 Å². The van der Waals surface area contributed by atoms with Crippen LogP contribution >= 0.6 is 0 Å². The molecule has 0 atom stereocenters. The van der Waals surface area contributed by atoms with Crippen molar-refractivity contribution in [3.8, 4) is 5.75 Å². The van der Waals surface area contributed by atoms with Crippen LogP contribution in [0.3, 0.4) is 0 Å². The lowest BCUT2D eigenvalue weighted by Gasteiger charge is -2.07. The summed E-state index contributed by atoms with van der Waals surface area (Å²) in [4.78, 5) is 11.9. The number of ether oxygens (including phenoxy) is 1. The molecule has 0 aromatic heterocycles. The number of rotatable bonds is 5. The molecule has 0 aliphatic heterocycles. The van der Waals surface area contributed by atoms with Gasteiger partial charge in [0.1, 0.15) is 11.6 Å². The zero-order valence-electron chi connectivity index (χ0n) is 12.6. The Morgan fingerprint density at radius 2 is 2.05 bits per heavy atom. The van der Waals surface area contributed by atoms with Gasteiger partial charge in [-0.25, -0.2) is 4.39 Å². The first-order chi connectivity index (χ1) is 10.6. The second-order valence-electron chi connectivity index (χ2n) is 4.78. The van der Waals surface area contributed by atoms with Crippen molar-refractivity contribution in [3.05, 3.63) is 65.5 Å². The van der Waals surface area contributed by atoms with E-state index in [0.29, 0.717) is 12.4 Å². The maximum absolute atomic E-state index is 13.6. The van der Waals surface area contributed by atoms with E-state index in [1.54, 1.807) is 18.2 Å². The summed E-state index contributed by atoms with van der Waals surface area (Å²) in [6, 6.07) is 12.0. The molecule has 114 valence electrons. The van der Waals surface area contributed by atoms with Gasteiger partial charge in [-0.15, -0.1) is 0 Å². The Morgan fingerprint density at radius 1 is 1.27 bits per heavy atom. The SMILES string of the molecule is CCOc1ccccc1/C=C/C(=O)Nc1cc(C)ccc1F. The maximum Gasteiger partial charge on any atom is 0.248 e. The second-order valence-corrected chi connectivity index (χ2v) is 4.78. The molecule has 0 saturated heterocycles. The smallest absolute Gasteiger partial charge is 0.248 e. The third-order valence-electron chi connectivity index (χ3n) is 3.01. The van der Waals surface area contributed by atoms with Crippen molar-refractivity contribution >= 4 is 17.7 Å². The monoisotopic (exact) mass is 299 g/mol. The average Bonchev–Trinajstić information content (AvgIpc) is 2.50. The molecule has 3 nitrogen and oxygen atoms in total. The number of carbonyl (C=O) groups is 1. The molecule has 22 heavy (non-hydrogen) atoms. The highest BCUT2D eigenvalue weighted by Crippen LogP contribution is 2.20. The zero-order chi connectivity index (χ0) is 15.9. The number of hydrogen-bond acceptors (Lipinski definition) is 2. The van der Waals surface area contributed by atoms with Gasteiger partial charge in [-0.3, -0.25) is 4.79 Å². The van der Waals surface area contributed by atoms with Crippen LogP contribution in [0.15, 0.2) is 48.5 Å². The third kappa shape index (κ3) is 4.19. The van der Waals surface area contributed by atoms with E-state index in [0.717, 1.165) is 11.1 Å². The molecule has 4 heteroatoms. The fourth-order valence-corrected chi connectivity index (χ4v) is 1.98. The van der Waals surface area contributed by atoms with E-state index in [-0.39, 0.29) is 5.69 Å². The number of carbonyl (C=O) groups excluding carboxylic acids is 1. The summed E-state index contributed by atoms with van der Waals surface area (Å²) in [6.07, 6.45) is 3.01. The fraction of sp³-hybridized carbons (Fsp3) is 0.167. The quantitative estimate of drug-likeness (QED) is 0.841. The van der Waals surface area contributed by atoms with Gasteiger partial charge in [-0.1, -0.05) is 24.3 Å². The minimum Gasteiger partial charge on any atom is -0.493 e. The Morgan fingerprint density at radius 3 is 2.82 bits per heavy atom. The molecule has 0 aliphatic carbocycles. The van der Waals surface area contributed by atoms with Crippen LogP contribution in [0, 0.1) is 12.7 Å². The molecule has 0 saturated carbocycles. The summed E-state index contributed by atoms with van der Waals surface area (Å²) >= 11 is 0. The van der Waals surface area contributed by atoms with Crippen LogP contribution in [-0.4, -0.2) is 12.5 Å². The van der Waals surface area contributed by atoms with Crippen molar-refractivity contribution < 1.29 is 13.9 Å². The normalized spacial score (nSPS) is 10.7. The van der Waals surface area contributed by atoms with Crippen molar-refractivity contribution in [1.82, 2.24) is 0 Å². The van der Waals surface area contributed by atoms with Crippen molar-refractivity contribution in [3.63, 3.8) is 0 Å². The first-order valence-electron chi connectivity index (χ1n) is 7.07. The van der Waals surface area contributed by atoms with Gasteiger partial charge in [0.25, 0.3) is 0 Å². The van der Waals surface area contributed by atoms with Crippen molar-refractivity contribution in [1.29, 1.82) is 0 Å². The van der Waals surface area contributed by atoms with Crippen molar-refractivity contribution in [2.75, 3.05) is 11.9 Å². The standard InChI is InChI=1S/C18H18FNO2/c1-3-22-17-7-5-4-6-14(17)9-11-18(21)20-16-12-13(2)8-10-15(16)19/h4-12H,3H2,1-2H3,(H,20,21)/b11-9+. The molecule has 1 N–H and O–H groups in total. The van der Waals surface area contributed by atoms with E-state index in [9.17, 15) is 9.18 Å². The number of para-hydroxylation sites is 1. The van der Waals surface area contributed by atoms with Crippen molar-refractivity contribution in [2.24, 2.45) is 0 Å². The lowest BCUT2D eigenvalue weighted by molar-refractivity contribution is -0.111. The zero-order valence-corrected chi connectivity index (χ0v) is 12.6. The molecule has 0 spiro atoms. The summed E-state index contributed by atoms with van der Waals surface area (Å²) in [6.45, 7) is 4.28. The number of hydrogen-bond donors (Lipinski definition) is 1. The van der Waals surface area contributed by atoms with Crippen LogP contribution < -0.4 is 10.1 Å². The Labute approximate surface area is 129 Å². The number of anilines is 1. The van der Waals surface area contributed by atoms with Crippen LogP contribution in [0.25, 0.3) is 6.08 Å². The molecule has 2 aromatic carbocycles. The minimum absolute atomic E-state index is 0.174. The summed E-state index contributed by atoms with van der Waals surface area (Å²) < 4.78 is 19.1. The lowest BCUT2D eigenvalue weighted by atomic mass is 10.2. The molecular formula is C18H18FNO2. The highest BCUT2D eigenvalue weighted by molar-refractivity contribution is 6.02. The maximum atomic E-state index is 13.6.